The molecule has 1 aromatic rings. The Hall–Kier alpha value is -1.16. The minimum Gasteiger partial charge on any atom is -0.338 e. The first-order valence-electron chi connectivity index (χ1n) is 7.35. The topological polar surface area (TPSA) is 41.1 Å². The minimum atomic E-state index is -2.99. The summed E-state index contributed by atoms with van der Waals surface area (Å²) in [5.74, 6) is -0.307. The Kier molecular flexibility index (Phi) is 0.776. The number of nitrogens with one attached hydrogen (secondary N) is 1. The van der Waals surface area contributed by atoms with E-state index in [2.05, 4.69) is 9.97 Å². The first kappa shape index (κ1) is 2.67. The van der Waals surface area contributed by atoms with Crippen LogP contribution in [0.15, 0.2) is 18.5 Å². The van der Waals surface area contributed by atoms with E-state index < -0.39 is 26.0 Å². The second kappa shape index (κ2) is 3.49. The van der Waals surface area contributed by atoms with Crippen LogP contribution in [0, 0.1) is 0 Å². The predicted molar refractivity (Wildman–Crippen MR) is 47.1 cm³/mol. The van der Waals surface area contributed by atoms with E-state index in [0.717, 1.165) is 0 Å². The van der Waals surface area contributed by atoms with Crippen LogP contribution >= 0.6 is 0 Å². The number of nitrogens with zero attached hydrogens (tertiary/aromatic N) is 3. The highest BCUT2D eigenvalue weighted by Gasteiger charge is 2.11. The molecule has 0 radical (unpaired) electrons. The molecular weight excluding hydrogens is 152 g/mol. The van der Waals surface area contributed by atoms with E-state index >= 15 is 0 Å². The van der Waals surface area contributed by atoms with Gasteiger partial charge in [-0.1, -0.05) is 0 Å². The van der Waals surface area contributed by atoms with Crippen molar-refractivity contribution in [2.24, 2.45) is 0 Å². The van der Waals surface area contributed by atoms with Crippen molar-refractivity contribution in [1.29, 1.82) is 0 Å². The van der Waals surface area contributed by atoms with Gasteiger partial charge in [0, 0.05) is 43.9 Å². The molecule has 0 spiro atoms. The highest BCUT2D eigenvalue weighted by molar-refractivity contribution is 5.28. The third kappa shape index (κ3) is 1.53. The number of anilines is 1. The first-order chi connectivity index (χ1) is 9.04. The van der Waals surface area contributed by atoms with Gasteiger partial charge in [0.05, 0.1) is 4.11 Å². The molecule has 1 saturated heterocycles. The van der Waals surface area contributed by atoms with E-state index in [1.165, 1.54) is 18.5 Å². The highest BCUT2D eigenvalue weighted by atomic mass is 15.3. The fraction of sp³-hybridized carbons (Fsp3) is 0.500. The van der Waals surface area contributed by atoms with Crippen LogP contribution in [-0.4, -0.2) is 36.0 Å². The van der Waals surface area contributed by atoms with Gasteiger partial charge in [0.25, 0.3) is 0 Å². The van der Waals surface area contributed by atoms with E-state index in [1.54, 1.807) is 0 Å². The third-order valence-electron chi connectivity index (χ3n) is 1.25. The molecule has 0 saturated carbocycles. The Morgan fingerprint density at radius 1 is 1.50 bits per heavy atom. The van der Waals surface area contributed by atoms with Crippen molar-refractivity contribution >= 4 is 5.95 Å². The summed E-state index contributed by atoms with van der Waals surface area (Å²) in [6.07, 6.45) is 2.56. The molecule has 2 rings (SSSR count). The maximum atomic E-state index is 7.85. The molecule has 12 heavy (non-hydrogen) atoms. The largest absolute Gasteiger partial charge is 0.338 e. The van der Waals surface area contributed by atoms with Gasteiger partial charge in [-0.3, -0.25) is 0 Å². The van der Waals surface area contributed by atoms with E-state index in [9.17, 15) is 0 Å². The van der Waals surface area contributed by atoms with Gasteiger partial charge in [0.1, 0.15) is 1.41 Å². The molecule has 2 heterocycles. The minimum absolute atomic E-state index is 0.156. The number of piperazine rings is 1. The summed E-state index contributed by atoms with van der Waals surface area (Å²) >= 11 is 0. The molecule has 1 aliphatic heterocycles. The van der Waals surface area contributed by atoms with Gasteiger partial charge in [-0.05, 0) is 6.07 Å². The highest BCUT2D eigenvalue weighted by Crippen LogP contribution is 2.04. The molecule has 4 nitrogen and oxygen atoms in total. The molecule has 1 fully saturated rings. The standard InChI is InChI=1S/C8H12N4/c1-2-10-8(11-3-1)12-6-4-9-5-7-12/h1-3,9H,4-7H2/i4D2,5D2,6D,7D2/hD. The SMILES string of the molecule is [2H]C1N(c2ncccn2)C([2H])([2H])C([2H])([2H])N([2H])C1([2H])[2H]. The quantitative estimate of drug-likeness (QED) is 0.641. The first-order valence-corrected chi connectivity index (χ1v) is 3.32. The predicted octanol–water partition coefficient (Wildman–Crippen LogP) is -0.114. The fourth-order valence-corrected chi connectivity index (χ4v) is 0.753. The Labute approximate surface area is 82.9 Å². The number of hydrogen-bond donors (Lipinski definition) is 1. The van der Waals surface area contributed by atoms with E-state index in [0.29, 0.717) is 4.90 Å². The zero-order valence-corrected chi connectivity index (χ0v) is 6.10. The molecule has 0 amide bonds. The summed E-state index contributed by atoms with van der Waals surface area (Å²) < 4.78 is 61.7. The van der Waals surface area contributed by atoms with E-state index in [-0.39, 0.29) is 11.3 Å². The van der Waals surface area contributed by atoms with E-state index in [1.807, 2.05) is 0 Å². The van der Waals surface area contributed by atoms with Gasteiger partial charge in [-0.25, -0.2) is 9.97 Å². The Balaban J connectivity index is 2.60. The van der Waals surface area contributed by atoms with E-state index in [4.69, 9.17) is 11.0 Å². The lowest BCUT2D eigenvalue weighted by atomic mass is 10.4. The van der Waals surface area contributed by atoms with Crippen LogP contribution in [0.1, 0.15) is 9.60 Å². The Morgan fingerprint density at radius 3 is 3.17 bits per heavy atom. The van der Waals surface area contributed by atoms with Gasteiger partial charge >= 0.3 is 0 Å². The van der Waals surface area contributed by atoms with Crippen molar-refractivity contribution in [2.45, 2.75) is 0 Å². The van der Waals surface area contributed by atoms with Crippen molar-refractivity contribution in [3.63, 3.8) is 0 Å². The molecule has 1 aromatic heterocycles. The lowest BCUT2D eigenvalue weighted by molar-refractivity contribution is 0.580. The van der Waals surface area contributed by atoms with Gasteiger partial charge in [0.2, 0.25) is 5.95 Å². The lowest BCUT2D eigenvalue weighted by Crippen LogP contribution is -2.44. The van der Waals surface area contributed by atoms with Gasteiger partial charge in [0.15, 0.2) is 0 Å². The van der Waals surface area contributed by atoms with Crippen molar-refractivity contribution in [3.05, 3.63) is 18.5 Å². The molecule has 0 bridgehead atoms. The van der Waals surface area contributed by atoms with Crippen molar-refractivity contribution < 1.29 is 11.0 Å². The monoisotopic (exact) mass is 172 g/mol. The maximum Gasteiger partial charge on any atom is 0.225 e. The Bertz CT molecular complexity index is 495. The smallest absolute Gasteiger partial charge is 0.225 e. The summed E-state index contributed by atoms with van der Waals surface area (Å²) in [4.78, 5) is 8.00. The lowest BCUT2D eigenvalue weighted by Gasteiger charge is -2.26. The van der Waals surface area contributed by atoms with Crippen LogP contribution in [-0.2, 0) is 0 Å². The average Bonchev–Trinajstić information content (AvgIpc) is 2.37. The molecule has 0 aromatic carbocycles. The number of hydrogen-bond acceptors (Lipinski definition) is 4. The maximum absolute atomic E-state index is 7.85. The normalized spacial score (nSPS) is 48.0. The van der Waals surface area contributed by atoms with Gasteiger partial charge in [-0.15, -0.1) is 0 Å². The summed E-state index contributed by atoms with van der Waals surface area (Å²) in [5, 5.41) is -0.156. The van der Waals surface area contributed by atoms with Crippen LogP contribution in [0.2, 0.25) is 1.41 Å². The van der Waals surface area contributed by atoms with Crippen molar-refractivity contribution in [1.82, 2.24) is 15.3 Å². The molecule has 1 N–H and O–H groups in total. The Morgan fingerprint density at radius 2 is 2.33 bits per heavy atom. The second-order valence-electron chi connectivity index (χ2n) is 2.01. The van der Waals surface area contributed by atoms with Crippen molar-refractivity contribution in [3.8, 4) is 0 Å². The fourth-order valence-electron chi connectivity index (χ4n) is 0.753. The average molecular weight is 172 g/mol. The van der Waals surface area contributed by atoms with Crippen molar-refractivity contribution in [2.75, 3.05) is 30.9 Å². The van der Waals surface area contributed by atoms with Gasteiger partial charge < -0.3 is 10.2 Å². The zero-order valence-electron chi connectivity index (χ0n) is 14.1. The third-order valence-corrected chi connectivity index (χ3v) is 1.25. The molecule has 64 valence electrons. The number of rotatable bonds is 1. The summed E-state index contributed by atoms with van der Waals surface area (Å²) in [7, 11) is 0. The van der Waals surface area contributed by atoms with Crippen LogP contribution in [0.4, 0.5) is 5.95 Å². The molecule has 1 aliphatic rings. The molecule has 1 atom stereocenters. The molecule has 1 unspecified atom stereocenters. The molecule has 0 aliphatic carbocycles. The molecule has 4 heteroatoms. The number of aromatic nitrogens is 2. The van der Waals surface area contributed by atoms with Crippen LogP contribution in [0.3, 0.4) is 0 Å². The zero-order chi connectivity index (χ0) is 15.3. The van der Waals surface area contributed by atoms with Crippen LogP contribution in [0.25, 0.3) is 0 Å². The summed E-state index contributed by atoms with van der Waals surface area (Å²) in [6.45, 7) is -10.5. The van der Waals surface area contributed by atoms with Crippen LogP contribution < -0.4 is 10.2 Å². The summed E-state index contributed by atoms with van der Waals surface area (Å²) in [6, 6.07) is 1.46. The van der Waals surface area contributed by atoms with Crippen LogP contribution in [0.5, 0.6) is 0 Å². The second-order valence-corrected chi connectivity index (χ2v) is 2.01. The molecular formula is C8H12N4. The summed E-state index contributed by atoms with van der Waals surface area (Å²) in [5.41, 5.74) is 0. The van der Waals surface area contributed by atoms with Gasteiger partial charge in [-0.2, -0.15) is 0 Å².